The Morgan fingerprint density at radius 1 is 1.00 bits per heavy atom. The van der Waals surface area contributed by atoms with Crippen LogP contribution in [0.25, 0.3) is 6.08 Å². The summed E-state index contributed by atoms with van der Waals surface area (Å²) in [6.07, 6.45) is 2.80. The van der Waals surface area contributed by atoms with Gasteiger partial charge >= 0.3 is 5.97 Å². The van der Waals surface area contributed by atoms with Crippen molar-refractivity contribution in [2.75, 3.05) is 0 Å². The van der Waals surface area contributed by atoms with Gasteiger partial charge in [0.1, 0.15) is 6.10 Å². The molecule has 20 heavy (non-hydrogen) atoms. The number of hydrogen-bond donors (Lipinski definition) is 0. The first kappa shape index (κ1) is 13.8. The lowest BCUT2D eigenvalue weighted by Gasteiger charge is -2.15. The number of esters is 1. The summed E-state index contributed by atoms with van der Waals surface area (Å²) in [5.74, 6) is -0.380. The zero-order chi connectivity index (χ0) is 14.4. The summed E-state index contributed by atoms with van der Waals surface area (Å²) in [5.41, 5.74) is 2.16. The van der Waals surface area contributed by atoms with Crippen LogP contribution in [-0.2, 0) is 4.74 Å². The van der Waals surface area contributed by atoms with Gasteiger partial charge in [-0.1, -0.05) is 67.8 Å². The molecule has 2 nitrogen and oxygen atoms in total. The third-order valence-corrected chi connectivity index (χ3v) is 2.98. The molecule has 2 aromatic carbocycles. The third-order valence-electron chi connectivity index (χ3n) is 2.98. The Kier molecular flexibility index (Phi) is 4.51. The summed E-state index contributed by atoms with van der Waals surface area (Å²) in [6, 6.07) is 16.7. The normalized spacial score (nSPS) is 11.4. The van der Waals surface area contributed by atoms with Crippen LogP contribution in [0, 0.1) is 0 Å². The number of benzene rings is 2. The van der Waals surface area contributed by atoms with Crippen molar-refractivity contribution in [1.82, 2.24) is 0 Å². The van der Waals surface area contributed by atoms with Gasteiger partial charge in [-0.15, -0.1) is 0 Å². The highest BCUT2D eigenvalue weighted by molar-refractivity contribution is 5.93. The lowest BCUT2D eigenvalue weighted by atomic mass is 10.1. The number of rotatable bonds is 5. The number of carbonyl (C=O) groups is 1. The molecule has 0 aliphatic rings. The van der Waals surface area contributed by atoms with E-state index in [0.29, 0.717) is 5.56 Å². The molecule has 2 heteroatoms. The van der Waals surface area contributed by atoms with Crippen LogP contribution in [0.1, 0.15) is 27.6 Å². The average molecular weight is 264 g/mol. The van der Waals surface area contributed by atoms with E-state index in [0.717, 1.165) is 11.1 Å². The minimum atomic E-state index is -0.457. The molecule has 0 amide bonds. The minimum absolute atomic E-state index is 0.380. The van der Waals surface area contributed by atoms with Gasteiger partial charge in [-0.25, -0.2) is 4.79 Å². The maximum absolute atomic E-state index is 12.2. The predicted molar refractivity (Wildman–Crippen MR) is 81.3 cm³/mol. The molecule has 0 fully saturated rings. The van der Waals surface area contributed by atoms with Gasteiger partial charge in [0.05, 0.1) is 5.56 Å². The highest BCUT2D eigenvalue weighted by atomic mass is 16.5. The molecule has 1 unspecified atom stereocenters. The molecule has 0 aromatic heterocycles. The molecule has 0 aliphatic heterocycles. The monoisotopic (exact) mass is 264 g/mol. The van der Waals surface area contributed by atoms with Crippen molar-refractivity contribution in [3.05, 3.63) is 90.5 Å². The van der Waals surface area contributed by atoms with Crippen LogP contribution in [0.4, 0.5) is 0 Å². The van der Waals surface area contributed by atoms with Crippen LogP contribution in [0.5, 0.6) is 0 Å². The molecule has 0 aliphatic carbocycles. The van der Waals surface area contributed by atoms with Crippen LogP contribution in [-0.4, -0.2) is 5.97 Å². The van der Waals surface area contributed by atoms with Crippen LogP contribution in [0.15, 0.2) is 73.8 Å². The van der Waals surface area contributed by atoms with Crippen molar-refractivity contribution in [2.45, 2.75) is 6.10 Å². The first-order valence-electron chi connectivity index (χ1n) is 6.36. The number of ether oxygens (including phenoxy) is 1. The Balaban J connectivity index is 2.22. The zero-order valence-electron chi connectivity index (χ0n) is 11.2. The van der Waals surface area contributed by atoms with Gasteiger partial charge in [0, 0.05) is 0 Å². The lowest BCUT2D eigenvalue weighted by molar-refractivity contribution is 0.0392. The summed E-state index contributed by atoms with van der Waals surface area (Å²) < 4.78 is 5.51. The van der Waals surface area contributed by atoms with Gasteiger partial charge in [0.15, 0.2) is 0 Å². The quantitative estimate of drug-likeness (QED) is 0.590. The first-order chi connectivity index (χ1) is 9.76. The van der Waals surface area contributed by atoms with Crippen LogP contribution < -0.4 is 0 Å². The number of carbonyl (C=O) groups excluding carboxylic acids is 1. The first-order valence-corrected chi connectivity index (χ1v) is 6.36. The third kappa shape index (κ3) is 3.04. The van der Waals surface area contributed by atoms with Crippen molar-refractivity contribution in [3.63, 3.8) is 0 Å². The Hall–Kier alpha value is -2.61. The van der Waals surface area contributed by atoms with Gasteiger partial charge in [-0.3, -0.25) is 0 Å². The molecule has 0 heterocycles. The fourth-order valence-electron chi connectivity index (χ4n) is 1.93. The standard InChI is InChI=1S/C18H16O2/c1-3-14-10-8-9-13-16(14)18(19)20-17(4-2)15-11-6-5-7-12-15/h3-13,17H,1-2H2. The second kappa shape index (κ2) is 6.53. The summed E-state index contributed by atoms with van der Waals surface area (Å²) in [4.78, 5) is 12.2. The molecule has 0 bridgehead atoms. The maximum Gasteiger partial charge on any atom is 0.339 e. The van der Waals surface area contributed by atoms with Crippen molar-refractivity contribution in [1.29, 1.82) is 0 Å². The summed E-state index contributed by atoms with van der Waals surface area (Å²) in [7, 11) is 0. The molecule has 0 N–H and O–H groups in total. The van der Waals surface area contributed by atoms with Crippen molar-refractivity contribution in [2.24, 2.45) is 0 Å². The van der Waals surface area contributed by atoms with E-state index in [4.69, 9.17) is 4.74 Å². The maximum atomic E-state index is 12.2. The zero-order valence-corrected chi connectivity index (χ0v) is 11.2. The van der Waals surface area contributed by atoms with Gasteiger partial charge in [0.2, 0.25) is 0 Å². The molecule has 0 saturated heterocycles. The van der Waals surface area contributed by atoms with E-state index >= 15 is 0 Å². The topological polar surface area (TPSA) is 26.3 Å². The minimum Gasteiger partial charge on any atom is -0.450 e. The summed E-state index contributed by atoms with van der Waals surface area (Å²) >= 11 is 0. The Morgan fingerprint density at radius 2 is 1.65 bits per heavy atom. The SMILES string of the molecule is C=Cc1ccccc1C(=O)OC(C=C)c1ccccc1. The van der Waals surface area contributed by atoms with Crippen molar-refractivity contribution >= 4 is 12.0 Å². The van der Waals surface area contributed by atoms with Crippen LogP contribution in [0.2, 0.25) is 0 Å². The Labute approximate surface area is 119 Å². The lowest BCUT2D eigenvalue weighted by Crippen LogP contribution is -2.11. The molecule has 2 aromatic rings. The van der Waals surface area contributed by atoms with Gasteiger partial charge in [-0.05, 0) is 23.3 Å². The second-order valence-corrected chi connectivity index (χ2v) is 4.26. The van der Waals surface area contributed by atoms with Gasteiger partial charge in [0.25, 0.3) is 0 Å². The molecule has 0 spiro atoms. The summed E-state index contributed by atoms with van der Waals surface area (Å²) in [6.45, 7) is 7.43. The fraction of sp³-hybridized carbons (Fsp3) is 0.0556. The van der Waals surface area contributed by atoms with E-state index in [2.05, 4.69) is 13.2 Å². The highest BCUT2D eigenvalue weighted by Crippen LogP contribution is 2.21. The van der Waals surface area contributed by atoms with Crippen molar-refractivity contribution < 1.29 is 9.53 Å². The summed E-state index contributed by atoms with van der Waals surface area (Å²) in [5, 5.41) is 0. The fourth-order valence-corrected chi connectivity index (χ4v) is 1.93. The van der Waals surface area contributed by atoms with Crippen LogP contribution >= 0.6 is 0 Å². The molecule has 100 valence electrons. The van der Waals surface area contributed by atoms with E-state index in [1.54, 1.807) is 24.3 Å². The Bertz CT molecular complexity index is 614. The second-order valence-electron chi connectivity index (χ2n) is 4.26. The predicted octanol–water partition coefficient (Wildman–Crippen LogP) is 4.41. The smallest absolute Gasteiger partial charge is 0.339 e. The molecule has 0 saturated carbocycles. The van der Waals surface area contributed by atoms with E-state index in [-0.39, 0.29) is 5.97 Å². The van der Waals surface area contributed by atoms with Crippen molar-refractivity contribution in [3.8, 4) is 0 Å². The number of hydrogen-bond acceptors (Lipinski definition) is 2. The van der Waals surface area contributed by atoms with E-state index in [1.807, 2.05) is 42.5 Å². The van der Waals surface area contributed by atoms with Gasteiger partial charge < -0.3 is 4.74 Å². The van der Waals surface area contributed by atoms with Gasteiger partial charge in [-0.2, -0.15) is 0 Å². The largest absolute Gasteiger partial charge is 0.450 e. The molecule has 0 radical (unpaired) electrons. The molecular weight excluding hydrogens is 248 g/mol. The molecule has 1 atom stereocenters. The highest BCUT2D eigenvalue weighted by Gasteiger charge is 2.16. The average Bonchev–Trinajstić information content (AvgIpc) is 2.53. The molecular formula is C18H16O2. The van der Waals surface area contributed by atoms with E-state index in [1.165, 1.54) is 0 Å². The van der Waals surface area contributed by atoms with E-state index < -0.39 is 6.10 Å². The Morgan fingerprint density at radius 3 is 2.30 bits per heavy atom. The van der Waals surface area contributed by atoms with E-state index in [9.17, 15) is 4.79 Å². The molecule has 2 rings (SSSR count). The van der Waals surface area contributed by atoms with Crippen LogP contribution in [0.3, 0.4) is 0 Å².